The van der Waals surface area contributed by atoms with E-state index in [9.17, 15) is 0 Å². The minimum atomic E-state index is 0.774. The molecule has 1 fully saturated rings. The van der Waals surface area contributed by atoms with Crippen molar-refractivity contribution in [2.45, 2.75) is 19.8 Å². The van der Waals surface area contributed by atoms with E-state index in [-0.39, 0.29) is 0 Å². The van der Waals surface area contributed by atoms with Gasteiger partial charge in [-0.25, -0.2) is 0 Å². The summed E-state index contributed by atoms with van der Waals surface area (Å²) in [6.45, 7) is 3.87. The van der Waals surface area contributed by atoms with E-state index in [2.05, 4.69) is 24.4 Å². The SMILES string of the molecule is C/C1=C2/NCCO/C2=C/C=C\CC1. The van der Waals surface area contributed by atoms with E-state index in [1.54, 1.807) is 0 Å². The van der Waals surface area contributed by atoms with Crippen molar-refractivity contribution in [3.05, 3.63) is 35.3 Å². The van der Waals surface area contributed by atoms with Crippen LogP contribution in [-0.4, -0.2) is 13.2 Å². The normalized spacial score (nSPS) is 34.1. The maximum atomic E-state index is 5.58. The van der Waals surface area contributed by atoms with E-state index >= 15 is 0 Å². The highest BCUT2D eigenvalue weighted by molar-refractivity contribution is 5.34. The fraction of sp³-hybridized carbons (Fsp3) is 0.455. The molecular formula is C11H15NO. The van der Waals surface area contributed by atoms with E-state index < -0.39 is 0 Å². The molecule has 1 aliphatic heterocycles. The number of hydrogen-bond acceptors (Lipinski definition) is 2. The van der Waals surface area contributed by atoms with Gasteiger partial charge in [-0.1, -0.05) is 12.2 Å². The van der Waals surface area contributed by atoms with Crippen molar-refractivity contribution in [3.8, 4) is 0 Å². The molecule has 1 N–H and O–H groups in total. The van der Waals surface area contributed by atoms with Gasteiger partial charge in [-0.3, -0.25) is 0 Å². The van der Waals surface area contributed by atoms with E-state index in [1.807, 2.05) is 6.08 Å². The standard InChI is InChI=1S/C11H15NO/c1-9-5-3-2-4-6-10-11(9)12-7-8-13-10/h2,4,6,12H,3,5,7-8H2,1H3/b4-2-,10-6+,11-9-. The molecule has 2 nitrogen and oxygen atoms in total. The minimum absolute atomic E-state index is 0.774. The number of fused-ring (bicyclic) bond motifs is 1. The quantitative estimate of drug-likeness (QED) is 0.612. The van der Waals surface area contributed by atoms with Crippen molar-refractivity contribution < 1.29 is 4.74 Å². The van der Waals surface area contributed by atoms with E-state index in [1.165, 1.54) is 11.3 Å². The Morgan fingerprint density at radius 2 is 2.38 bits per heavy atom. The highest BCUT2D eigenvalue weighted by Gasteiger charge is 2.14. The number of nitrogens with one attached hydrogen (secondary N) is 1. The van der Waals surface area contributed by atoms with Gasteiger partial charge in [-0.15, -0.1) is 0 Å². The van der Waals surface area contributed by atoms with Crippen LogP contribution in [0.2, 0.25) is 0 Å². The molecule has 0 aromatic rings. The van der Waals surface area contributed by atoms with Gasteiger partial charge in [0.25, 0.3) is 0 Å². The van der Waals surface area contributed by atoms with Gasteiger partial charge in [0.05, 0.1) is 5.70 Å². The molecule has 1 heterocycles. The van der Waals surface area contributed by atoms with Crippen LogP contribution >= 0.6 is 0 Å². The van der Waals surface area contributed by atoms with E-state index in [4.69, 9.17) is 4.74 Å². The van der Waals surface area contributed by atoms with Crippen LogP contribution < -0.4 is 5.32 Å². The van der Waals surface area contributed by atoms with Crippen molar-refractivity contribution in [3.63, 3.8) is 0 Å². The molecule has 13 heavy (non-hydrogen) atoms. The predicted octanol–water partition coefficient (Wildman–Crippen LogP) is 2.11. The summed E-state index contributed by atoms with van der Waals surface area (Å²) in [6, 6.07) is 0. The average Bonchev–Trinajstić information content (AvgIpc) is 2.14. The van der Waals surface area contributed by atoms with Crippen LogP contribution in [0.3, 0.4) is 0 Å². The summed E-state index contributed by atoms with van der Waals surface area (Å²) >= 11 is 0. The lowest BCUT2D eigenvalue weighted by Crippen LogP contribution is -2.28. The van der Waals surface area contributed by atoms with Crippen molar-refractivity contribution >= 4 is 0 Å². The predicted molar refractivity (Wildman–Crippen MR) is 53.1 cm³/mol. The Kier molecular flexibility index (Phi) is 2.39. The van der Waals surface area contributed by atoms with Gasteiger partial charge >= 0.3 is 0 Å². The first-order valence-electron chi connectivity index (χ1n) is 4.81. The molecular weight excluding hydrogens is 162 g/mol. The lowest BCUT2D eigenvalue weighted by atomic mass is 10.0. The van der Waals surface area contributed by atoms with E-state index in [0.717, 1.165) is 31.8 Å². The smallest absolute Gasteiger partial charge is 0.142 e. The first-order valence-corrected chi connectivity index (χ1v) is 4.81. The molecule has 0 bridgehead atoms. The monoisotopic (exact) mass is 177 g/mol. The van der Waals surface area contributed by atoms with Crippen LogP contribution in [0.25, 0.3) is 0 Å². The molecule has 0 amide bonds. The summed E-state index contributed by atoms with van der Waals surface area (Å²) in [5.74, 6) is 1.000. The molecule has 2 aliphatic rings. The first kappa shape index (κ1) is 8.42. The summed E-state index contributed by atoms with van der Waals surface area (Å²) in [6.07, 6.45) is 8.56. The van der Waals surface area contributed by atoms with Gasteiger partial charge in [-0.2, -0.15) is 0 Å². The lowest BCUT2D eigenvalue weighted by Gasteiger charge is -2.24. The summed E-state index contributed by atoms with van der Waals surface area (Å²) < 4.78 is 5.58. The molecule has 2 heteroatoms. The summed E-state index contributed by atoms with van der Waals surface area (Å²) in [5.41, 5.74) is 2.60. The Morgan fingerprint density at radius 1 is 1.46 bits per heavy atom. The molecule has 0 spiro atoms. The maximum absolute atomic E-state index is 5.58. The maximum Gasteiger partial charge on any atom is 0.142 e. The highest BCUT2D eigenvalue weighted by Crippen LogP contribution is 2.21. The van der Waals surface area contributed by atoms with Gasteiger partial charge in [0.15, 0.2) is 0 Å². The van der Waals surface area contributed by atoms with Gasteiger partial charge < -0.3 is 10.1 Å². The summed E-state index contributed by atoms with van der Waals surface area (Å²) in [7, 11) is 0. The van der Waals surface area contributed by atoms with Crippen molar-refractivity contribution in [2.24, 2.45) is 0 Å². The number of hydrogen-bond donors (Lipinski definition) is 1. The molecule has 1 aliphatic carbocycles. The fourth-order valence-corrected chi connectivity index (χ4v) is 1.67. The molecule has 0 aromatic heterocycles. The molecule has 0 radical (unpaired) electrons. The third kappa shape index (κ3) is 1.77. The van der Waals surface area contributed by atoms with Gasteiger partial charge in [0.1, 0.15) is 12.4 Å². The third-order valence-corrected chi connectivity index (χ3v) is 2.40. The Bertz CT molecular complexity index is 286. The van der Waals surface area contributed by atoms with Crippen LogP contribution in [0, 0.1) is 0 Å². The molecule has 70 valence electrons. The van der Waals surface area contributed by atoms with Crippen LogP contribution in [0.15, 0.2) is 35.3 Å². The zero-order valence-corrected chi connectivity index (χ0v) is 7.97. The zero-order chi connectivity index (χ0) is 9.10. The number of morpholine rings is 1. The highest BCUT2D eigenvalue weighted by atomic mass is 16.5. The van der Waals surface area contributed by atoms with Crippen molar-refractivity contribution in [2.75, 3.05) is 13.2 Å². The molecule has 2 rings (SSSR count). The number of allylic oxidation sites excluding steroid dienone is 4. The lowest BCUT2D eigenvalue weighted by molar-refractivity contribution is 0.196. The second-order valence-corrected chi connectivity index (χ2v) is 3.43. The van der Waals surface area contributed by atoms with E-state index in [0.29, 0.717) is 0 Å². The molecule has 0 atom stereocenters. The summed E-state index contributed by atoms with van der Waals surface area (Å²) in [5, 5.41) is 3.39. The first-order chi connectivity index (χ1) is 6.38. The second-order valence-electron chi connectivity index (χ2n) is 3.43. The van der Waals surface area contributed by atoms with Gasteiger partial charge in [0, 0.05) is 6.54 Å². The molecule has 0 saturated carbocycles. The minimum Gasteiger partial charge on any atom is -0.490 e. The van der Waals surface area contributed by atoms with Crippen molar-refractivity contribution in [1.82, 2.24) is 5.32 Å². The second kappa shape index (κ2) is 3.69. The zero-order valence-electron chi connectivity index (χ0n) is 7.97. The van der Waals surface area contributed by atoms with Crippen molar-refractivity contribution in [1.29, 1.82) is 0 Å². The van der Waals surface area contributed by atoms with Crippen LogP contribution in [0.1, 0.15) is 19.8 Å². The van der Waals surface area contributed by atoms with Gasteiger partial charge in [-0.05, 0) is 31.4 Å². The van der Waals surface area contributed by atoms with Crippen LogP contribution in [0.5, 0.6) is 0 Å². The molecule has 0 aromatic carbocycles. The Labute approximate surface area is 79.0 Å². The molecule has 1 saturated heterocycles. The Balaban J connectivity index is 2.33. The Hall–Kier alpha value is -1.18. The molecule has 0 unspecified atom stereocenters. The average molecular weight is 177 g/mol. The van der Waals surface area contributed by atoms with Crippen LogP contribution in [-0.2, 0) is 4.74 Å². The topological polar surface area (TPSA) is 21.3 Å². The number of ether oxygens (including phenoxy) is 1. The fourth-order valence-electron chi connectivity index (χ4n) is 1.67. The number of rotatable bonds is 0. The Morgan fingerprint density at radius 3 is 3.31 bits per heavy atom. The van der Waals surface area contributed by atoms with Crippen LogP contribution in [0.4, 0.5) is 0 Å². The third-order valence-electron chi connectivity index (χ3n) is 2.40. The summed E-state index contributed by atoms with van der Waals surface area (Å²) in [4.78, 5) is 0. The van der Waals surface area contributed by atoms with Gasteiger partial charge in [0.2, 0.25) is 0 Å². The largest absolute Gasteiger partial charge is 0.490 e.